The molecule has 0 spiro atoms. The Bertz CT molecular complexity index is 514. The van der Waals surface area contributed by atoms with E-state index in [0.29, 0.717) is 0 Å². The average Bonchev–Trinajstić information content (AvgIpc) is 2.78. The van der Waals surface area contributed by atoms with Crippen LogP contribution in [-0.2, 0) is 0 Å². The van der Waals surface area contributed by atoms with Crippen molar-refractivity contribution in [1.29, 1.82) is 0 Å². The van der Waals surface area contributed by atoms with E-state index < -0.39 is 0 Å². The van der Waals surface area contributed by atoms with E-state index in [9.17, 15) is 0 Å². The fourth-order valence-electron chi connectivity index (χ4n) is 2.51. The Balaban J connectivity index is 0.00000120. The van der Waals surface area contributed by atoms with Crippen LogP contribution in [0.4, 0.5) is 0 Å². The van der Waals surface area contributed by atoms with E-state index in [2.05, 4.69) is 10.2 Å². The number of ether oxygens (including phenoxy) is 1. The van der Waals surface area contributed by atoms with E-state index >= 15 is 0 Å². The number of aromatic amines is 1. The summed E-state index contributed by atoms with van der Waals surface area (Å²) >= 11 is 0. The Morgan fingerprint density at radius 3 is 3.06 bits per heavy atom. The van der Waals surface area contributed by atoms with Crippen molar-refractivity contribution in [3.8, 4) is 5.75 Å². The highest BCUT2D eigenvalue weighted by atomic mass is 35.5. The maximum absolute atomic E-state index is 6.06. The molecule has 1 saturated carbocycles. The van der Waals surface area contributed by atoms with Crippen molar-refractivity contribution in [2.24, 2.45) is 5.73 Å². The second kappa shape index (κ2) is 5.59. The van der Waals surface area contributed by atoms with Crippen LogP contribution in [0.1, 0.15) is 25.7 Å². The first-order valence-electron chi connectivity index (χ1n) is 6.17. The van der Waals surface area contributed by atoms with Gasteiger partial charge in [-0.05, 0) is 37.8 Å². The number of rotatable bonds is 2. The molecule has 1 heterocycles. The molecular formula is C13H18ClN3O. The molecule has 2 unspecified atom stereocenters. The molecule has 1 fully saturated rings. The number of aromatic nitrogens is 2. The van der Waals surface area contributed by atoms with E-state index in [4.69, 9.17) is 10.5 Å². The largest absolute Gasteiger partial charge is 0.490 e. The third kappa shape index (κ3) is 2.60. The van der Waals surface area contributed by atoms with E-state index in [1.54, 1.807) is 0 Å². The number of halogens is 1. The van der Waals surface area contributed by atoms with Crippen LogP contribution >= 0.6 is 12.4 Å². The lowest BCUT2D eigenvalue weighted by atomic mass is 9.93. The number of H-pyrrole nitrogens is 1. The number of fused-ring (bicyclic) bond motifs is 1. The highest BCUT2D eigenvalue weighted by molar-refractivity contribution is 5.85. The smallest absolute Gasteiger partial charge is 0.130 e. The zero-order chi connectivity index (χ0) is 11.7. The van der Waals surface area contributed by atoms with Crippen LogP contribution in [0, 0.1) is 0 Å². The van der Waals surface area contributed by atoms with Gasteiger partial charge < -0.3 is 10.5 Å². The standard InChI is InChI=1S/C13H17N3O.ClH/c14-9-3-1-4-10(7-9)17-13-6-2-5-12-11(13)8-15-16-12;/h2,5-6,8-10H,1,3-4,7,14H2,(H,15,16);1H. The number of nitrogens with zero attached hydrogens (tertiary/aromatic N) is 1. The Kier molecular flexibility index (Phi) is 4.09. The Morgan fingerprint density at radius 1 is 1.33 bits per heavy atom. The lowest BCUT2D eigenvalue weighted by Gasteiger charge is -2.27. The van der Waals surface area contributed by atoms with Crippen molar-refractivity contribution in [2.45, 2.75) is 37.8 Å². The summed E-state index contributed by atoms with van der Waals surface area (Å²) in [6, 6.07) is 6.27. The van der Waals surface area contributed by atoms with Crippen molar-refractivity contribution in [3.63, 3.8) is 0 Å². The van der Waals surface area contributed by atoms with Crippen molar-refractivity contribution in [2.75, 3.05) is 0 Å². The van der Waals surface area contributed by atoms with Crippen LogP contribution < -0.4 is 10.5 Å². The third-order valence-corrected chi connectivity index (χ3v) is 3.41. The molecule has 0 saturated heterocycles. The molecule has 18 heavy (non-hydrogen) atoms. The molecule has 0 radical (unpaired) electrons. The lowest BCUT2D eigenvalue weighted by molar-refractivity contribution is 0.146. The molecule has 98 valence electrons. The van der Waals surface area contributed by atoms with E-state index in [1.807, 2.05) is 24.4 Å². The van der Waals surface area contributed by atoms with Gasteiger partial charge in [0.15, 0.2) is 0 Å². The van der Waals surface area contributed by atoms with Gasteiger partial charge in [0, 0.05) is 6.04 Å². The van der Waals surface area contributed by atoms with Crippen LogP contribution in [0.5, 0.6) is 5.75 Å². The van der Waals surface area contributed by atoms with E-state index in [-0.39, 0.29) is 24.6 Å². The number of benzene rings is 1. The molecule has 1 aromatic carbocycles. The topological polar surface area (TPSA) is 63.9 Å². The fraction of sp³-hybridized carbons (Fsp3) is 0.462. The minimum Gasteiger partial charge on any atom is -0.490 e. The quantitative estimate of drug-likeness (QED) is 0.879. The first kappa shape index (κ1) is 13.2. The van der Waals surface area contributed by atoms with E-state index in [1.165, 1.54) is 0 Å². The molecule has 3 N–H and O–H groups in total. The van der Waals surface area contributed by atoms with Gasteiger partial charge in [0.25, 0.3) is 0 Å². The van der Waals surface area contributed by atoms with Crippen molar-refractivity contribution >= 4 is 23.3 Å². The predicted octanol–water partition coefficient (Wildman–Crippen LogP) is 2.63. The SMILES string of the molecule is Cl.NC1CCCC(Oc2cccc3[nH]ncc23)C1. The molecule has 0 amide bonds. The average molecular weight is 268 g/mol. The second-order valence-electron chi connectivity index (χ2n) is 4.75. The third-order valence-electron chi connectivity index (χ3n) is 3.41. The molecule has 3 rings (SSSR count). The molecule has 1 aromatic heterocycles. The highest BCUT2D eigenvalue weighted by Crippen LogP contribution is 2.28. The van der Waals surface area contributed by atoms with Crippen LogP contribution in [0.15, 0.2) is 24.4 Å². The second-order valence-corrected chi connectivity index (χ2v) is 4.75. The molecule has 1 aliphatic carbocycles. The Hall–Kier alpha value is -1.26. The number of nitrogens with one attached hydrogen (secondary N) is 1. The summed E-state index contributed by atoms with van der Waals surface area (Å²) in [7, 11) is 0. The molecule has 1 aliphatic rings. The highest BCUT2D eigenvalue weighted by Gasteiger charge is 2.21. The lowest BCUT2D eigenvalue weighted by Crippen LogP contribution is -2.33. The molecule has 5 heteroatoms. The molecule has 0 bridgehead atoms. The van der Waals surface area contributed by atoms with Gasteiger partial charge in [0.05, 0.1) is 17.1 Å². The molecule has 4 nitrogen and oxygen atoms in total. The van der Waals surface area contributed by atoms with Crippen LogP contribution in [0.3, 0.4) is 0 Å². The van der Waals surface area contributed by atoms with Gasteiger partial charge in [-0.3, -0.25) is 5.10 Å². The van der Waals surface area contributed by atoms with Gasteiger partial charge in [-0.25, -0.2) is 0 Å². The summed E-state index contributed by atoms with van der Waals surface area (Å²) in [5.41, 5.74) is 6.99. The molecule has 2 aromatic rings. The van der Waals surface area contributed by atoms with Gasteiger partial charge in [-0.2, -0.15) is 5.10 Å². The van der Waals surface area contributed by atoms with Crippen LogP contribution in [0.2, 0.25) is 0 Å². The van der Waals surface area contributed by atoms with Gasteiger partial charge >= 0.3 is 0 Å². The monoisotopic (exact) mass is 267 g/mol. The summed E-state index contributed by atoms with van der Waals surface area (Å²) in [6.45, 7) is 0. The maximum Gasteiger partial charge on any atom is 0.130 e. The minimum atomic E-state index is 0. The van der Waals surface area contributed by atoms with E-state index in [0.717, 1.165) is 42.3 Å². The maximum atomic E-state index is 6.06. The molecule has 0 aliphatic heterocycles. The van der Waals surface area contributed by atoms with Crippen molar-refractivity contribution in [3.05, 3.63) is 24.4 Å². The van der Waals surface area contributed by atoms with Crippen LogP contribution in [-0.4, -0.2) is 22.3 Å². The fourth-order valence-corrected chi connectivity index (χ4v) is 2.51. The predicted molar refractivity (Wildman–Crippen MR) is 74.2 cm³/mol. The Labute approximate surface area is 112 Å². The summed E-state index contributed by atoms with van der Waals surface area (Å²) in [4.78, 5) is 0. The minimum absolute atomic E-state index is 0. The zero-order valence-electron chi connectivity index (χ0n) is 10.1. The number of nitrogens with two attached hydrogens (primary N) is 1. The first-order valence-corrected chi connectivity index (χ1v) is 6.17. The number of hydrogen-bond acceptors (Lipinski definition) is 3. The van der Waals surface area contributed by atoms with Crippen LogP contribution in [0.25, 0.3) is 10.9 Å². The summed E-state index contributed by atoms with van der Waals surface area (Å²) in [6.07, 6.45) is 6.39. The summed E-state index contributed by atoms with van der Waals surface area (Å²) in [5, 5.41) is 8.04. The summed E-state index contributed by atoms with van der Waals surface area (Å²) in [5.74, 6) is 0.912. The van der Waals surface area contributed by atoms with Gasteiger partial charge in [0.2, 0.25) is 0 Å². The van der Waals surface area contributed by atoms with Gasteiger partial charge in [-0.1, -0.05) is 6.07 Å². The zero-order valence-corrected chi connectivity index (χ0v) is 11.0. The van der Waals surface area contributed by atoms with Gasteiger partial charge in [0.1, 0.15) is 11.9 Å². The molecular weight excluding hydrogens is 250 g/mol. The van der Waals surface area contributed by atoms with Crippen molar-refractivity contribution < 1.29 is 4.74 Å². The van der Waals surface area contributed by atoms with Gasteiger partial charge in [-0.15, -0.1) is 12.4 Å². The Morgan fingerprint density at radius 2 is 2.22 bits per heavy atom. The number of hydrogen-bond donors (Lipinski definition) is 2. The summed E-state index contributed by atoms with van der Waals surface area (Å²) < 4.78 is 6.06. The normalized spacial score (nSPS) is 23.6. The first-order chi connectivity index (χ1) is 8.33. The van der Waals surface area contributed by atoms with Crippen molar-refractivity contribution in [1.82, 2.24) is 10.2 Å². The molecule has 2 atom stereocenters.